The number of benzene rings is 2. The molecule has 7 heteroatoms. The molecule has 0 spiro atoms. The second-order valence-electron chi connectivity index (χ2n) is 8.04. The average Bonchev–Trinajstić information content (AvgIpc) is 3.05. The fourth-order valence-corrected chi connectivity index (χ4v) is 5.81. The highest BCUT2D eigenvalue weighted by Crippen LogP contribution is 2.40. The molecule has 6 nitrogen and oxygen atoms in total. The van der Waals surface area contributed by atoms with Crippen LogP contribution in [0.4, 0.5) is 5.69 Å². The summed E-state index contributed by atoms with van der Waals surface area (Å²) in [5.41, 5.74) is 3.29. The Morgan fingerprint density at radius 3 is 2.41 bits per heavy atom. The van der Waals surface area contributed by atoms with Crippen LogP contribution in [0.15, 0.2) is 53.4 Å². The molecular formula is C22H26N2O4S. The summed E-state index contributed by atoms with van der Waals surface area (Å²) in [5, 5.41) is 9.11. The highest BCUT2D eigenvalue weighted by molar-refractivity contribution is 7.89. The van der Waals surface area contributed by atoms with E-state index in [9.17, 15) is 13.2 Å². The van der Waals surface area contributed by atoms with Crippen molar-refractivity contribution in [2.24, 2.45) is 5.92 Å². The molecule has 0 amide bonds. The van der Waals surface area contributed by atoms with E-state index in [4.69, 9.17) is 5.11 Å². The largest absolute Gasteiger partial charge is 0.481 e. The van der Waals surface area contributed by atoms with Crippen molar-refractivity contribution in [2.75, 3.05) is 11.9 Å². The predicted molar refractivity (Wildman–Crippen MR) is 111 cm³/mol. The third-order valence-corrected chi connectivity index (χ3v) is 7.73. The van der Waals surface area contributed by atoms with Gasteiger partial charge in [-0.1, -0.05) is 36.4 Å². The maximum absolute atomic E-state index is 12.9. The maximum Gasteiger partial charge on any atom is 0.306 e. The van der Waals surface area contributed by atoms with Crippen LogP contribution >= 0.6 is 0 Å². The SMILES string of the molecule is CN1c2cc(S(=O)(=O)NC3CCC(C(=O)O)CC3)ccc2CC1c1ccccc1. The van der Waals surface area contributed by atoms with Crippen molar-refractivity contribution < 1.29 is 18.3 Å². The second-order valence-corrected chi connectivity index (χ2v) is 9.75. The Labute approximate surface area is 171 Å². The number of likely N-dealkylation sites (N-methyl/N-ethyl adjacent to an activating group) is 1. The number of hydrogen-bond donors (Lipinski definition) is 2. The molecule has 1 saturated carbocycles. The standard InChI is InChI=1S/C22H26N2O4S/c1-24-20(15-5-3-2-4-6-15)13-17-9-12-19(14-21(17)24)29(27,28)23-18-10-7-16(8-11-18)22(25)26/h2-6,9,12,14,16,18,20,23H,7-8,10-11,13H2,1H3,(H,25,26). The number of anilines is 1. The van der Waals surface area contributed by atoms with Gasteiger partial charge in [0.05, 0.1) is 16.9 Å². The lowest BCUT2D eigenvalue weighted by Crippen LogP contribution is -2.38. The van der Waals surface area contributed by atoms with Crippen LogP contribution < -0.4 is 9.62 Å². The highest BCUT2D eigenvalue weighted by atomic mass is 32.2. The zero-order valence-corrected chi connectivity index (χ0v) is 17.2. The molecule has 0 radical (unpaired) electrons. The molecule has 0 aromatic heterocycles. The van der Waals surface area contributed by atoms with Crippen molar-refractivity contribution in [3.05, 3.63) is 59.7 Å². The topological polar surface area (TPSA) is 86.7 Å². The summed E-state index contributed by atoms with van der Waals surface area (Å²) in [6, 6.07) is 15.5. The van der Waals surface area contributed by atoms with Crippen LogP contribution in [0.5, 0.6) is 0 Å². The van der Waals surface area contributed by atoms with Gasteiger partial charge in [-0.2, -0.15) is 0 Å². The molecule has 1 fully saturated rings. The Morgan fingerprint density at radius 2 is 1.76 bits per heavy atom. The first-order valence-electron chi connectivity index (χ1n) is 10.0. The van der Waals surface area contributed by atoms with Gasteiger partial charge >= 0.3 is 5.97 Å². The predicted octanol–water partition coefficient (Wildman–Crippen LogP) is 3.34. The number of carbonyl (C=O) groups is 1. The molecule has 1 aliphatic carbocycles. The van der Waals surface area contributed by atoms with E-state index in [2.05, 4.69) is 21.8 Å². The van der Waals surface area contributed by atoms with E-state index in [1.165, 1.54) is 5.56 Å². The first kappa shape index (κ1) is 19.9. The van der Waals surface area contributed by atoms with E-state index >= 15 is 0 Å². The summed E-state index contributed by atoms with van der Waals surface area (Å²) in [7, 11) is -1.65. The fraction of sp³-hybridized carbons (Fsp3) is 0.409. The van der Waals surface area contributed by atoms with Gasteiger partial charge in [-0.25, -0.2) is 13.1 Å². The first-order valence-corrected chi connectivity index (χ1v) is 11.5. The smallest absolute Gasteiger partial charge is 0.306 e. The molecule has 2 aromatic carbocycles. The van der Waals surface area contributed by atoms with Crippen LogP contribution in [0.3, 0.4) is 0 Å². The molecule has 2 aliphatic rings. The number of hydrogen-bond acceptors (Lipinski definition) is 4. The molecule has 1 aliphatic heterocycles. The number of carboxylic acids is 1. The van der Waals surface area contributed by atoms with E-state index in [1.807, 2.05) is 31.3 Å². The van der Waals surface area contributed by atoms with Gasteiger partial charge in [-0.3, -0.25) is 4.79 Å². The molecule has 154 valence electrons. The van der Waals surface area contributed by atoms with Crippen molar-refractivity contribution in [3.8, 4) is 0 Å². The molecule has 2 aromatic rings. The number of aliphatic carboxylic acids is 1. The van der Waals surface area contributed by atoms with Gasteiger partial charge in [0.1, 0.15) is 0 Å². The molecule has 1 atom stereocenters. The minimum absolute atomic E-state index is 0.198. The van der Waals surface area contributed by atoms with Gasteiger partial charge in [0, 0.05) is 18.8 Å². The third-order valence-electron chi connectivity index (χ3n) is 6.21. The Bertz CT molecular complexity index is 999. The minimum atomic E-state index is -3.65. The van der Waals surface area contributed by atoms with E-state index < -0.39 is 16.0 Å². The molecule has 4 rings (SSSR count). The second kappa shape index (κ2) is 7.80. The molecule has 1 unspecified atom stereocenters. The van der Waals surface area contributed by atoms with Crippen molar-refractivity contribution in [3.63, 3.8) is 0 Å². The van der Waals surface area contributed by atoms with E-state index in [0.717, 1.165) is 17.7 Å². The van der Waals surface area contributed by atoms with Crippen LogP contribution in [0.25, 0.3) is 0 Å². The van der Waals surface area contributed by atoms with Gasteiger partial charge in [-0.15, -0.1) is 0 Å². The lowest BCUT2D eigenvalue weighted by Gasteiger charge is -2.27. The quantitative estimate of drug-likeness (QED) is 0.784. The number of fused-ring (bicyclic) bond motifs is 1. The van der Waals surface area contributed by atoms with Crippen molar-refractivity contribution in [2.45, 2.75) is 49.1 Å². The Kier molecular flexibility index (Phi) is 5.36. The molecule has 1 heterocycles. The maximum atomic E-state index is 12.9. The van der Waals surface area contributed by atoms with E-state index in [-0.39, 0.29) is 22.9 Å². The van der Waals surface area contributed by atoms with Gasteiger partial charge < -0.3 is 10.0 Å². The van der Waals surface area contributed by atoms with Crippen LogP contribution in [0.1, 0.15) is 42.9 Å². The number of carboxylic acid groups (broad SMARTS) is 1. The fourth-order valence-electron chi connectivity index (χ4n) is 4.49. The summed E-state index contributed by atoms with van der Waals surface area (Å²) >= 11 is 0. The molecular weight excluding hydrogens is 388 g/mol. The van der Waals surface area contributed by atoms with Crippen molar-refractivity contribution in [1.82, 2.24) is 4.72 Å². The van der Waals surface area contributed by atoms with Crippen LogP contribution in [-0.2, 0) is 21.2 Å². The highest BCUT2D eigenvalue weighted by Gasteiger charge is 2.31. The molecule has 29 heavy (non-hydrogen) atoms. The van der Waals surface area contributed by atoms with Gasteiger partial charge in [0.15, 0.2) is 0 Å². The van der Waals surface area contributed by atoms with E-state index in [0.29, 0.717) is 25.7 Å². The molecule has 0 bridgehead atoms. The van der Waals surface area contributed by atoms with Crippen molar-refractivity contribution in [1.29, 1.82) is 0 Å². The summed E-state index contributed by atoms with van der Waals surface area (Å²) in [5.74, 6) is -1.15. The zero-order chi connectivity index (χ0) is 20.6. The summed E-state index contributed by atoms with van der Waals surface area (Å²) in [4.78, 5) is 13.5. The lowest BCUT2D eigenvalue weighted by atomic mass is 9.87. The summed E-state index contributed by atoms with van der Waals surface area (Å²) in [6.45, 7) is 0. The van der Waals surface area contributed by atoms with Gasteiger partial charge in [0.25, 0.3) is 0 Å². The van der Waals surface area contributed by atoms with Gasteiger partial charge in [0.2, 0.25) is 10.0 Å². The summed E-state index contributed by atoms with van der Waals surface area (Å²) < 4.78 is 28.6. The van der Waals surface area contributed by atoms with Crippen LogP contribution in [0.2, 0.25) is 0 Å². The van der Waals surface area contributed by atoms with Crippen LogP contribution in [-0.4, -0.2) is 32.6 Å². The number of rotatable bonds is 5. The first-order chi connectivity index (χ1) is 13.8. The van der Waals surface area contributed by atoms with Crippen LogP contribution in [0, 0.1) is 5.92 Å². The number of nitrogens with zero attached hydrogens (tertiary/aromatic N) is 1. The Hall–Kier alpha value is -2.38. The normalized spacial score (nSPS) is 24.3. The zero-order valence-electron chi connectivity index (χ0n) is 16.4. The number of sulfonamides is 1. The van der Waals surface area contributed by atoms with Crippen molar-refractivity contribution >= 4 is 21.7 Å². The van der Waals surface area contributed by atoms with Gasteiger partial charge in [-0.05, 0) is 55.4 Å². The Morgan fingerprint density at radius 1 is 1.07 bits per heavy atom. The number of nitrogens with one attached hydrogen (secondary N) is 1. The summed E-state index contributed by atoms with van der Waals surface area (Å²) in [6.07, 6.45) is 2.97. The monoisotopic (exact) mass is 414 g/mol. The molecule has 2 N–H and O–H groups in total. The van der Waals surface area contributed by atoms with E-state index in [1.54, 1.807) is 12.1 Å². The average molecular weight is 415 g/mol. The third kappa shape index (κ3) is 4.02. The minimum Gasteiger partial charge on any atom is -0.481 e. The molecule has 0 saturated heterocycles. The Balaban J connectivity index is 1.50. The lowest BCUT2D eigenvalue weighted by molar-refractivity contribution is -0.142.